The van der Waals surface area contributed by atoms with Crippen molar-refractivity contribution in [3.8, 4) is 11.5 Å². The second-order valence-corrected chi connectivity index (χ2v) is 8.26. The Morgan fingerprint density at radius 3 is 2.59 bits per heavy atom. The minimum absolute atomic E-state index is 0.0214. The molecule has 0 saturated carbocycles. The van der Waals surface area contributed by atoms with Gasteiger partial charge in [0.1, 0.15) is 11.2 Å². The highest BCUT2D eigenvalue weighted by Gasteiger charge is 2.28. The number of hydrogen-bond donors (Lipinski definition) is 0. The van der Waals surface area contributed by atoms with Crippen molar-refractivity contribution in [1.82, 2.24) is 4.98 Å². The van der Waals surface area contributed by atoms with Crippen molar-refractivity contribution in [2.45, 2.75) is 0 Å². The van der Waals surface area contributed by atoms with Crippen molar-refractivity contribution in [1.29, 1.82) is 0 Å². The second kappa shape index (κ2) is 9.17. The maximum absolute atomic E-state index is 12.6. The maximum atomic E-state index is 12.6. The first kappa shape index (κ1) is 22.1. The topological polar surface area (TPSA) is 81.9 Å². The van der Waals surface area contributed by atoms with Crippen molar-refractivity contribution in [2.75, 3.05) is 19.1 Å². The molecule has 2 heterocycles. The number of anilines is 1. The predicted molar refractivity (Wildman–Crippen MR) is 129 cm³/mol. The summed E-state index contributed by atoms with van der Waals surface area (Å²) in [6.45, 7) is 0. The molecule has 0 saturated heterocycles. The molecular formula is C23H16ClIN2O5. The van der Waals surface area contributed by atoms with E-state index in [1.807, 2.05) is 12.1 Å². The monoisotopic (exact) mass is 562 g/mol. The Labute approximate surface area is 202 Å². The lowest BCUT2D eigenvalue weighted by Gasteiger charge is -2.22. The number of carbonyl (C=O) groups is 2. The summed E-state index contributed by atoms with van der Waals surface area (Å²) in [5.74, 6) is -0.964. The number of methoxy groups -OCH3 is 2. The highest BCUT2D eigenvalue weighted by atomic mass is 127. The Hall–Kier alpha value is -3.11. The fourth-order valence-corrected chi connectivity index (χ4v) is 3.90. The first-order valence-electron chi connectivity index (χ1n) is 9.34. The molecular weight excluding hydrogens is 547 g/mol. The van der Waals surface area contributed by atoms with E-state index in [1.54, 1.807) is 47.5 Å². The summed E-state index contributed by atoms with van der Waals surface area (Å²) < 4.78 is 16.7. The summed E-state index contributed by atoms with van der Waals surface area (Å²) in [5, 5.41) is 0.525. The molecule has 3 aromatic rings. The fraction of sp³-hybridized carbons (Fsp3) is 0.0870. The van der Waals surface area contributed by atoms with E-state index in [-0.39, 0.29) is 11.3 Å². The number of aromatic nitrogens is 1. The lowest BCUT2D eigenvalue weighted by molar-refractivity contribution is -0.139. The van der Waals surface area contributed by atoms with Crippen LogP contribution in [0.4, 0.5) is 5.69 Å². The number of rotatable bonds is 4. The zero-order chi connectivity index (χ0) is 22.8. The first-order chi connectivity index (χ1) is 15.4. The molecule has 2 aromatic carbocycles. The Kier molecular flexibility index (Phi) is 6.33. The van der Waals surface area contributed by atoms with Crippen LogP contribution in [0.3, 0.4) is 0 Å². The van der Waals surface area contributed by atoms with E-state index in [0.29, 0.717) is 33.3 Å². The molecule has 0 unspecified atom stereocenters. The number of oxazole rings is 1. The van der Waals surface area contributed by atoms with Crippen LogP contribution in [0.1, 0.15) is 0 Å². The highest BCUT2D eigenvalue weighted by Crippen LogP contribution is 2.34. The third-order valence-electron chi connectivity index (χ3n) is 4.70. The average Bonchev–Trinajstić information content (AvgIpc) is 3.10. The van der Waals surface area contributed by atoms with Crippen molar-refractivity contribution in [2.24, 2.45) is 0 Å². The molecule has 32 heavy (non-hydrogen) atoms. The van der Waals surface area contributed by atoms with Crippen LogP contribution in [-0.2, 0) is 19.1 Å². The standard InChI is InChI=1S/C23H16ClIN2O5/c1-30-22(28)15-5-3-4-10-27(20(15)23(29)31-2)14-7-9-19-18(12-14)26-21(32-19)16-11-13(25)6-8-17(16)24/h3-12H,1-2H3. The molecule has 0 aliphatic carbocycles. The summed E-state index contributed by atoms with van der Waals surface area (Å²) in [6.07, 6.45) is 6.49. The van der Waals surface area contributed by atoms with E-state index in [9.17, 15) is 9.59 Å². The van der Waals surface area contributed by atoms with Crippen molar-refractivity contribution in [3.05, 3.63) is 80.7 Å². The van der Waals surface area contributed by atoms with Gasteiger partial charge in [-0.15, -0.1) is 0 Å². The van der Waals surface area contributed by atoms with Crippen molar-refractivity contribution < 1.29 is 23.5 Å². The van der Waals surface area contributed by atoms with Gasteiger partial charge >= 0.3 is 11.9 Å². The van der Waals surface area contributed by atoms with E-state index in [0.717, 1.165) is 3.57 Å². The number of hydrogen-bond acceptors (Lipinski definition) is 7. The van der Waals surface area contributed by atoms with Gasteiger partial charge < -0.3 is 18.8 Å². The third kappa shape index (κ3) is 4.15. The van der Waals surface area contributed by atoms with E-state index in [4.69, 9.17) is 25.5 Å². The maximum Gasteiger partial charge on any atom is 0.355 e. The van der Waals surface area contributed by atoms with Crippen LogP contribution in [0.15, 0.2) is 76.5 Å². The Balaban J connectivity index is 1.84. The average molecular weight is 563 g/mol. The third-order valence-corrected chi connectivity index (χ3v) is 5.70. The smallest absolute Gasteiger partial charge is 0.355 e. The van der Waals surface area contributed by atoms with Gasteiger partial charge in [-0.05, 0) is 71.1 Å². The molecule has 1 aliphatic heterocycles. The Bertz CT molecular complexity index is 1330. The molecule has 0 atom stereocenters. The number of ether oxygens (including phenoxy) is 2. The summed E-state index contributed by atoms with van der Waals surface area (Å²) in [6, 6.07) is 10.8. The number of carbonyl (C=O) groups excluding carboxylic acids is 2. The number of nitrogens with zero attached hydrogens (tertiary/aromatic N) is 2. The molecule has 9 heteroatoms. The molecule has 1 aliphatic rings. The zero-order valence-corrected chi connectivity index (χ0v) is 19.9. The summed E-state index contributed by atoms with van der Waals surface area (Å²) >= 11 is 8.52. The molecule has 0 fully saturated rings. The molecule has 0 N–H and O–H groups in total. The zero-order valence-electron chi connectivity index (χ0n) is 17.0. The van der Waals surface area contributed by atoms with E-state index >= 15 is 0 Å². The molecule has 0 radical (unpaired) electrons. The molecule has 0 amide bonds. The van der Waals surface area contributed by atoms with Crippen LogP contribution >= 0.6 is 34.2 Å². The molecule has 1 aromatic heterocycles. The number of fused-ring (bicyclic) bond motifs is 1. The number of benzene rings is 2. The van der Waals surface area contributed by atoms with Gasteiger partial charge in [-0.2, -0.15) is 0 Å². The minimum atomic E-state index is -0.687. The molecule has 0 spiro atoms. The predicted octanol–water partition coefficient (Wildman–Crippen LogP) is 5.24. The van der Waals surface area contributed by atoms with Crippen LogP contribution in [-0.4, -0.2) is 31.1 Å². The molecule has 7 nitrogen and oxygen atoms in total. The Morgan fingerprint density at radius 2 is 1.84 bits per heavy atom. The molecule has 0 bridgehead atoms. The van der Waals surface area contributed by atoms with Crippen LogP contribution in [0, 0.1) is 3.57 Å². The van der Waals surface area contributed by atoms with Crippen LogP contribution in [0.2, 0.25) is 5.02 Å². The van der Waals surface area contributed by atoms with E-state index < -0.39 is 11.9 Å². The van der Waals surface area contributed by atoms with Gasteiger partial charge in [-0.3, -0.25) is 0 Å². The van der Waals surface area contributed by atoms with Gasteiger partial charge in [0.25, 0.3) is 0 Å². The summed E-state index contributed by atoms with van der Waals surface area (Å²) in [5.41, 5.74) is 2.45. The van der Waals surface area contributed by atoms with Gasteiger partial charge in [-0.1, -0.05) is 17.7 Å². The summed E-state index contributed by atoms with van der Waals surface area (Å²) in [4.78, 5) is 31.1. The van der Waals surface area contributed by atoms with Crippen molar-refractivity contribution >= 4 is 62.9 Å². The Morgan fingerprint density at radius 1 is 1.06 bits per heavy atom. The fourth-order valence-electron chi connectivity index (χ4n) is 3.21. The molecule has 4 rings (SSSR count). The van der Waals surface area contributed by atoms with E-state index in [1.165, 1.54) is 20.3 Å². The van der Waals surface area contributed by atoms with E-state index in [2.05, 4.69) is 27.6 Å². The number of halogens is 2. The number of esters is 2. The van der Waals surface area contributed by atoms with Gasteiger partial charge in [0, 0.05) is 15.5 Å². The summed E-state index contributed by atoms with van der Waals surface area (Å²) in [7, 11) is 2.50. The largest absolute Gasteiger partial charge is 0.465 e. The van der Waals surface area contributed by atoms with Crippen molar-refractivity contribution in [3.63, 3.8) is 0 Å². The minimum Gasteiger partial charge on any atom is -0.465 e. The van der Waals surface area contributed by atoms with Gasteiger partial charge in [-0.25, -0.2) is 14.6 Å². The lowest BCUT2D eigenvalue weighted by Crippen LogP contribution is -2.26. The van der Waals surface area contributed by atoms with Crippen LogP contribution < -0.4 is 4.90 Å². The quantitative estimate of drug-likeness (QED) is 0.318. The SMILES string of the molecule is COC(=O)C1=C(C(=O)OC)N(c2ccc3oc(-c4cc(I)ccc4Cl)nc3c2)C=CC=C1. The number of allylic oxidation sites excluding steroid dienone is 2. The van der Waals surface area contributed by atoms with Gasteiger partial charge in [0.05, 0.1) is 30.4 Å². The lowest BCUT2D eigenvalue weighted by atomic mass is 10.1. The second-order valence-electron chi connectivity index (χ2n) is 6.61. The van der Waals surface area contributed by atoms with Gasteiger partial charge in [0.15, 0.2) is 5.58 Å². The van der Waals surface area contributed by atoms with Crippen LogP contribution in [0.5, 0.6) is 0 Å². The molecule has 162 valence electrons. The highest BCUT2D eigenvalue weighted by molar-refractivity contribution is 14.1. The van der Waals surface area contributed by atoms with Crippen LogP contribution in [0.25, 0.3) is 22.6 Å². The first-order valence-corrected chi connectivity index (χ1v) is 10.8. The van der Waals surface area contributed by atoms with Gasteiger partial charge in [0.2, 0.25) is 5.89 Å². The normalized spacial score (nSPS) is 13.4.